The third-order valence-corrected chi connectivity index (χ3v) is 5.59. The molecule has 4 aromatic rings. The summed E-state index contributed by atoms with van der Waals surface area (Å²) in [5.74, 6) is 0.900. The Labute approximate surface area is 177 Å². The molecule has 6 heteroatoms. The zero-order valence-corrected chi connectivity index (χ0v) is 16.4. The molecule has 2 aromatic carbocycles. The van der Waals surface area contributed by atoms with Crippen molar-refractivity contribution < 1.29 is 4.74 Å². The van der Waals surface area contributed by atoms with E-state index in [0.717, 1.165) is 48.6 Å². The van der Waals surface area contributed by atoms with Gasteiger partial charge < -0.3 is 14.5 Å². The second-order valence-corrected chi connectivity index (χ2v) is 7.22. The van der Waals surface area contributed by atoms with Crippen molar-refractivity contribution in [3.63, 3.8) is 0 Å². The third-order valence-electron chi connectivity index (χ3n) is 5.59. The Morgan fingerprint density at radius 2 is 1.77 bits per heavy atom. The Bertz CT molecular complexity index is 1120. The van der Waals surface area contributed by atoms with Gasteiger partial charge in [0.2, 0.25) is 0 Å². The minimum absolute atomic E-state index is 0. The van der Waals surface area contributed by atoms with Gasteiger partial charge in [0.25, 0.3) is 0 Å². The topological polar surface area (TPSA) is 57.3 Å². The summed E-state index contributed by atoms with van der Waals surface area (Å²) in [7, 11) is 1.71. The van der Waals surface area contributed by atoms with E-state index in [4.69, 9.17) is 4.74 Å². The Kier molecular flexibility index (Phi) is 5.57. The van der Waals surface area contributed by atoms with Crippen LogP contribution >= 0.6 is 0 Å². The van der Waals surface area contributed by atoms with Gasteiger partial charge in [-0.1, -0.05) is 19.6 Å². The van der Waals surface area contributed by atoms with Crippen molar-refractivity contribution in [2.24, 2.45) is 0 Å². The molecule has 5 rings (SSSR count). The molecule has 1 aliphatic heterocycles. The molecule has 0 spiro atoms. The predicted molar refractivity (Wildman–Crippen MR) is 123 cm³/mol. The highest BCUT2D eigenvalue weighted by Crippen LogP contribution is 2.31. The molecule has 154 valence electrons. The fraction of sp³-hybridized carbons (Fsp3) is 0.250. The molecule has 0 bridgehead atoms. The first kappa shape index (κ1) is 19.8. The normalized spacial score (nSPS) is 13.9. The summed E-state index contributed by atoms with van der Waals surface area (Å²) in [6.45, 7) is 3.87. The Balaban J connectivity index is 0.00000218. The van der Waals surface area contributed by atoms with E-state index >= 15 is 0 Å². The van der Waals surface area contributed by atoms with Crippen molar-refractivity contribution in [1.29, 1.82) is 0 Å². The lowest BCUT2D eigenvalue weighted by molar-refractivity contribution is 0.414. The monoisotopic (exact) mass is 401 g/mol. The summed E-state index contributed by atoms with van der Waals surface area (Å²) >= 11 is 0. The van der Waals surface area contributed by atoms with Gasteiger partial charge in [-0.15, -0.1) is 0 Å². The summed E-state index contributed by atoms with van der Waals surface area (Å²) in [6, 6.07) is 16.8. The highest BCUT2D eigenvalue weighted by Gasteiger charge is 2.20. The second-order valence-electron chi connectivity index (χ2n) is 7.22. The molecule has 1 aliphatic rings. The molecule has 0 unspecified atom stereocenters. The van der Waals surface area contributed by atoms with Crippen molar-refractivity contribution in [3.05, 3.63) is 67.1 Å². The van der Waals surface area contributed by atoms with Gasteiger partial charge in [0, 0.05) is 67.0 Å². The van der Waals surface area contributed by atoms with Crippen LogP contribution in [-0.4, -0.2) is 48.5 Å². The lowest BCUT2D eigenvalue weighted by Gasteiger charge is -2.37. The molecule has 1 N–H and O–H groups in total. The number of ether oxygens (including phenoxy) is 1. The fourth-order valence-corrected chi connectivity index (χ4v) is 4.01. The first-order valence-corrected chi connectivity index (χ1v) is 9.84. The van der Waals surface area contributed by atoms with Crippen molar-refractivity contribution in [1.82, 2.24) is 15.2 Å². The van der Waals surface area contributed by atoms with Gasteiger partial charge in [-0.2, -0.15) is 5.10 Å². The van der Waals surface area contributed by atoms with Crippen molar-refractivity contribution in [3.8, 4) is 16.9 Å². The molecule has 6 nitrogen and oxygen atoms in total. The van der Waals surface area contributed by atoms with Gasteiger partial charge in [0.1, 0.15) is 5.75 Å². The minimum Gasteiger partial charge on any atom is -0.497 e. The second kappa shape index (κ2) is 8.45. The van der Waals surface area contributed by atoms with Crippen molar-refractivity contribution >= 4 is 22.3 Å². The maximum atomic E-state index is 5.38. The number of H-pyrrole nitrogens is 1. The van der Waals surface area contributed by atoms with E-state index < -0.39 is 0 Å². The number of piperazine rings is 1. The van der Waals surface area contributed by atoms with Crippen LogP contribution in [0, 0.1) is 0 Å². The highest BCUT2D eigenvalue weighted by molar-refractivity contribution is 5.94. The largest absolute Gasteiger partial charge is 0.497 e. The van der Waals surface area contributed by atoms with E-state index in [2.05, 4.69) is 61.4 Å². The molecule has 1 saturated heterocycles. The average molecular weight is 402 g/mol. The number of rotatable bonds is 4. The van der Waals surface area contributed by atoms with Gasteiger partial charge in [-0.05, 0) is 35.9 Å². The minimum atomic E-state index is 0. The van der Waals surface area contributed by atoms with Crippen LogP contribution in [0.3, 0.4) is 0 Å². The molecular formula is C24H27N5O. The Morgan fingerprint density at radius 1 is 0.933 bits per heavy atom. The smallest absolute Gasteiger partial charge is 0.120 e. The number of nitrogens with one attached hydrogen (secondary N) is 1. The number of fused-ring (bicyclic) bond motifs is 1. The molecule has 1 fully saturated rings. The van der Waals surface area contributed by atoms with E-state index in [-0.39, 0.29) is 7.43 Å². The van der Waals surface area contributed by atoms with E-state index in [9.17, 15) is 0 Å². The molecule has 0 amide bonds. The summed E-state index contributed by atoms with van der Waals surface area (Å²) in [4.78, 5) is 9.44. The first-order chi connectivity index (χ1) is 14.3. The standard InChI is InChI=1S/C23H23N5O.CH4/c1-29-20-4-2-3-19(14-20)27-9-11-28(12-10-27)23-7-8-24-22-6-5-17(13-21(22)23)18-15-25-26-16-18;/h2-8,13-16H,9-12H2,1H3,(H,25,26);1H4. The van der Waals surface area contributed by atoms with Crippen LogP contribution in [0.15, 0.2) is 67.1 Å². The number of nitrogens with zero attached hydrogens (tertiary/aromatic N) is 4. The predicted octanol–water partition coefficient (Wildman–Crippen LogP) is 4.60. The quantitative estimate of drug-likeness (QED) is 0.542. The zero-order chi connectivity index (χ0) is 19.6. The molecule has 0 atom stereocenters. The number of pyridine rings is 1. The maximum absolute atomic E-state index is 5.38. The average Bonchev–Trinajstić information content (AvgIpc) is 3.33. The van der Waals surface area contributed by atoms with Crippen LogP contribution in [0.2, 0.25) is 0 Å². The summed E-state index contributed by atoms with van der Waals surface area (Å²) < 4.78 is 5.38. The van der Waals surface area contributed by atoms with Crippen LogP contribution in [0.4, 0.5) is 11.4 Å². The molecule has 2 aromatic heterocycles. The summed E-state index contributed by atoms with van der Waals surface area (Å²) in [5, 5.41) is 8.15. The van der Waals surface area contributed by atoms with Crippen LogP contribution in [-0.2, 0) is 0 Å². The molecule has 30 heavy (non-hydrogen) atoms. The van der Waals surface area contributed by atoms with E-state index in [1.54, 1.807) is 7.11 Å². The SMILES string of the molecule is C.COc1cccc(N2CCN(c3ccnc4ccc(-c5cn[nH]c5)cc34)CC2)c1. The number of aromatic amines is 1. The van der Waals surface area contributed by atoms with E-state index in [1.165, 1.54) is 16.8 Å². The molecule has 3 heterocycles. The number of benzene rings is 2. The van der Waals surface area contributed by atoms with Crippen molar-refractivity contribution in [2.45, 2.75) is 7.43 Å². The number of anilines is 2. The van der Waals surface area contributed by atoms with Gasteiger partial charge in [0.15, 0.2) is 0 Å². The van der Waals surface area contributed by atoms with E-state index in [1.807, 2.05) is 30.7 Å². The van der Waals surface area contributed by atoms with Crippen LogP contribution in [0.1, 0.15) is 7.43 Å². The fourth-order valence-electron chi connectivity index (χ4n) is 4.01. The molecule has 0 aliphatic carbocycles. The molecule has 0 radical (unpaired) electrons. The molecular weight excluding hydrogens is 374 g/mol. The Hall–Kier alpha value is -3.54. The van der Waals surface area contributed by atoms with Crippen LogP contribution in [0.5, 0.6) is 5.75 Å². The number of hydrogen-bond acceptors (Lipinski definition) is 5. The van der Waals surface area contributed by atoms with Crippen molar-refractivity contribution in [2.75, 3.05) is 43.1 Å². The van der Waals surface area contributed by atoms with Gasteiger partial charge >= 0.3 is 0 Å². The van der Waals surface area contributed by atoms with Gasteiger partial charge in [-0.25, -0.2) is 0 Å². The zero-order valence-electron chi connectivity index (χ0n) is 16.4. The van der Waals surface area contributed by atoms with E-state index in [0.29, 0.717) is 0 Å². The van der Waals surface area contributed by atoms with Crippen LogP contribution < -0.4 is 14.5 Å². The Morgan fingerprint density at radius 3 is 2.53 bits per heavy atom. The lowest BCUT2D eigenvalue weighted by Crippen LogP contribution is -2.46. The van der Waals surface area contributed by atoms with Gasteiger partial charge in [-0.3, -0.25) is 10.1 Å². The molecule has 0 saturated carbocycles. The lowest BCUT2D eigenvalue weighted by atomic mass is 10.0. The van der Waals surface area contributed by atoms with Crippen LogP contribution in [0.25, 0.3) is 22.0 Å². The van der Waals surface area contributed by atoms with Gasteiger partial charge in [0.05, 0.1) is 18.8 Å². The summed E-state index contributed by atoms with van der Waals surface area (Å²) in [6.07, 6.45) is 5.68. The third kappa shape index (κ3) is 3.68. The first-order valence-electron chi connectivity index (χ1n) is 9.84. The number of hydrogen-bond donors (Lipinski definition) is 1. The summed E-state index contributed by atoms with van der Waals surface area (Å²) in [5.41, 5.74) is 5.71. The highest BCUT2D eigenvalue weighted by atomic mass is 16.5. The number of aromatic nitrogens is 3. The maximum Gasteiger partial charge on any atom is 0.120 e. The number of methoxy groups -OCH3 is 1.